The Morgan fingerprint density at radius 3 is 2.78 bits per heavy atom. The molecular weight excluding hydrogens is 417 g/mol. The summed E-state index contributed by atoms with van der Waals surface area (Å²) in [6.45, 7) is 0. The molecule has 0 radical (unpaired) electrons. The van der Waals surface area contributed by atoms with Gasteiger partial charge >= 0.3 is 5.69 Å². The van der Waals surface area contributed by atoms with Gasteiger partial charge in [-0.1, -0.05) is 0 Å². The maximum Gasteiger partial charge on any atom is 0.331 e. The molecule has 0 saturated heterocycles. The number of halogens is 3. The molecule has 0 saturated carbocycles. The summed E-state index contributed by atoms with van der Waals surface area (Å²) < 4.78 is 32.5. The first-order valence-corrected chi connectivity index (χ1v) is 7.75. The van der Waals surface area contributed by atoms with E-state index in [4.69, 9.17) is 0 Å². The van der Waals surface area contributed by atoms with E-state index in [1.165, 1.54) is 18.5 Å². The second-order valence-corrected chi connectivity index (χ2v) is 6.42. The maximum atomic E-state index is 14.9. The van der Waals surface area contributed by atoms with E-state index in [0.29, 0.717) is 14.6 Å². The number of rotatable bonds is 1. The minimum Gasteiger partial charge on any atom is -0.334 e. The zero-order valence-corrected chi connectivity index (χ0v) is 13.9. The number of fused-ring (bicyclic) bond motifs is 2. The van der Waals surface area contributed by atoms with Crippen molar-refractivity contribution in [1.29, 1.82) is 0 Å². The Balaban J connectivity index is 2.17. The molecule has 4 aromatic rings. The Morgan fingerprint density at radius 1 is 1.26 bits per heavy atom. The standard InChI is InChI=1S/C15H9F2IN4O/c1-21-6-19-13-11(21)5-9-14(12(13)17)22(15(23)20-9)10-3-2-7(18)4-8(10)16/h2-6H,1H3,(H,20,23). The highest BCUT2D eigenvalue weighted by Gasteiger charge is 2.20. The Morgan fingerprint density at radius 2 is 2.04 bits per heavy atom. The van der Waals surface area contributed by atoms with E-state index < -0.39 is 17.3 Å². The van der Waals surface area contributed by atoms with Crippen molar-refractivity contribution >= 4 is 44.7 Å². The lowest BCUT2D eigenvalue weighted by molar-refractivity contribution is 0.613. The Kier molecular flexibility index (Phi) is 3.05. The fourth-order valence-corrected chi connectivity index (χ4v) is 3.15. The van der Waals surface area contributed by atoms with Crippen LogP contribution in [-0.4, -0.2) is 19.1 Å². The van der Waals surface area contributed by atoms with Crippen LogP contribution in [0.1, 0.15) is 0 Å². The van der Waals surface area contributed by atoms with Crippen molar-refractivity contribution in [3.05, 3.63) is 56.3 Å². The molecule has 2 aromatic carbocycles. The molecule has 4 rings (SSSR count). The summed E-state index contributed by atoms with van der Waals surface area (Å²) in [5.74, 6) is -1.25. The highest BCUT2D eigenvalue weighted by molar-refractivity contribution is 14.1. The second kappa shape index (κ2) is 4.88. The van der Waals surface area contributed by atoms with E-state index in [2.05, 4.69) is 9.97 Å². The van der Waals surface area contributed by atoms with Crippen LogP contribution in [0.4, 0.5) is 8.78 Å². The molecule has 0 atom stereocenters. The number of aryl methyl sites for hydroxylation is 1. The Labute approximate surface area is 141 Å². The number of hydrogen-bond donors (Lipinski definition) is 1. The first-order valence-electron chi connectivity index (χ1n) is 6.67. The van der Waals surface area contributed by atoms with Crippen molar-refractivity contribution in [2.75, 3.05) is 0 Å². The van der Waals surface area contributed by atoms with Gasteiger partial charge in [0.1, 0.15) is 16.9 Å². The quantitative estimate of drug-likeness (QED) is 0.476. The summed E-state index contributed by atoms with van der Waals surface area (Å²) in [7, 11) is 1.73. The van der Waals surface area contributed by atoms with Gasteiger partial charge in [-0.05, 0) is 46.9 Å². The highest BCUT2D eigenvalue weighted by atomic mass is 127. The largest absolute Gasteiger partial charge is 0.334 e. The molecule has 2 aromatic heterocycles. The van der Waals surface area contributed by atoms with Crippen molar-refractivity contribution in [3.8, 4) is 5.69 Å². The third-order valence-corrected chi connectivity index (χ3v) is 4.42. The van der Waals surface area contributed by atoms with Crippen LogP contribution >= 0.6 is 22.6 Å². The van der Waals surface area contributed by atoms with Crippen LogP contribution in [0.5, 0.6) is 0 Å². The van der Waals surface area contributed by atoms with Gasteiger partial charge in [0.2, 0.25) is 0 Å². The number of nitrogens with zero attached hydrogens (tertiary/aromatic N) is 3. The molecule has 1 N–H and O–H groups in total. The lowest BCUT2D eigenvalue weighted by Crippen LogP contribution is -2.16. The summed E-state index contributed by atoms with van der Waals surface area (Å²) in [4.78, 5) is 18.8. The van der Waals surface area contributed by atoms with Gasteiger partial charge in [-0.2, -0.15) is 0 Å². The molecule has 0 unspecified atom stereocenters. The number of aromatic nitrogens is 4. The molecule has 8 heteroatoms. The van der Waals surface area contributed by atoms with Crippen molar-refractivity contribution in [1.82, 2.24) is 19.1 Å². The molecule has 0 aliphatic heterocycles. The third-order valence-electron chi connectivity index (χ3n) is 3.75. The van der Waals surface area contributed by atoms with Gasteiger partial charge in [-0.25, -0.2) is 18.6 Å². The molecule has 0 bridgehead atoms. The lowest BCUT2D eigenvalue weighted by Gasteiger charge is -2.06. The summed E-state index contributed by atoms with van der Waals surface area (Å²) in [5, 5.41) is 0. The van der Waals surface area contributed by atoms with E-state index in [-0.39, 0.29) is 16.7 Å². The highest BCUT2D eigenvalue weighted by Crippen LogP contribution is 2.27. The molecule has 23 heavy (non-hydrogen) atoms. The topological polar surface area (TPSA) is 55.6 Å². The van der Waals surface area contributed by atoms with Gasteiger partial charge < -0.3 is 9.55 Å². The molecular formula is C15H9F2IN4O. The predicted molar refractivity (Wildman–Crippen MR) is 90.8 cm³/mol. The summed E-state index contributed by atoms with van der Waals surface area (Å²) in [6, 6.07) is 6.02. The van der Waals surface area contributed by atoms with Crippen molar-refractivity contribution in [3.63, 3.8) is 0 Å². The minimum atomic E-state index is -0.658. The van der Waals surface area contributed by atoms with Gasteiger partial charge in [0.25, 0.3) is 0 Å². The van der Waals surface area contributed by atoms with Crippen LogP contribution in [0, 0.1) is 15.2 Å². The van der Waals surface area contributed by atoms with Crippen LogP contribution in [0.3, 0.4) is 0 Å². The van der Waals surface area contributed by atoms with Crippen molar-refractivity contribution in [2.24, 2.45) is 7.05 Å². The summed E-state index contributed by atoms with van der Waals surface area (Å²) >= 11 is 1.97. The van der Waals surface area contributed by atoms with Crippen molar-refractivity contribution < 1.29 is 8.78 Å². The van der Waals surface area contributed by atoms with E-state index in [9.17, 15) is 13.6 Å². The zero-order valence-electron chi connectivity index (χ0n) is 11.8. The lowest BCUT2D eigenvalue weighted by atomic mass is 10.2. The number of H-pyrrole nitrogens is 1. The first-order chi connectivity index (χ1) is 11.0. The molecule has 0 amide bonds. The second-order valence-electron chi connectivity index (χ2n) is 5.17. The van der Waals surface area contributed by atoms with Crippen LogP contribution in [0.15, 0.2) is 35.4 Å². The minimum absolute atomic E-state index is 0.00385. The van der Waals surface area contributed by atoms with E-state index in [0.717, 1.165) is 4.57 Å². The molecule has 0 spiro atoms. The molecule has 0 fully saturated rings. The Hall–Kier alpha value is -2.23. The van der Waals surface area contributed by atoms with Gasteiger partial charge in [0, 0.05) is 10.6 Å². The average Bonchev–Trinajstić information content (AvgIpc) is 3.01. The third kappa shape index (κ3) is 2.01. The Bertz CT molecular complexity index is 1140. The van der Waals surface area contributed by atoms with Crippen LogP contribution in [0.2, 0.25) is 0 Å². The smallest absolute Gasteiger partial charge is 0.331 e. The number of benzene rings is 2. The predicted octanol–water partition coefficient (Wildman–Crippen LogP) is 3.09. The number of hydrogen-bond acceptors (Lipinski definition) is 2. The van der Waals surface area contributed by atoms with Gasteiger partial charge in [-0.3, -0.25) is 4.57 Å². The van der Waals surface area contributed by atoms with Gasteiger partial charge in [0.15, 0.2) is 5.82 Å². The van der Waals surface area contributed by atoms with E-state index >= 15 is 0 Å². The average molecular weight is 426 g/mol. The van der Waals surface area contributed by atoms with Crippen LogP contribution in [0.25, 0.3) is 27.8 Å². The zero-order chi connectivity index (χ0) is 16.3. The fraction of sp³-hybridized carbons (Fsp3) is 0.0667. The van der Waals surface area contributed by atoms with Gasteiger partial charge in [-0.15, -0.1) is 0 Å². The van der Waals surface area contributed by atoms with Gasteiger partial charge in [0.05, 0.1) is 23.0 Å². The molecule has 0 aliphatic carbocycles. The normalized spacial score (nSPS) is 11.7. The molecule has 5 nitrogen and oxygen atoms in total. The first kappa shape index (κ1) is 14.4. The van der Waals surface area contributed by atoms with E-state index in [1.807, 2.05) is 22.6 Å². The summed E-state index contributed by atoms with van der Waals surface area (Å²) in [6.07, 6.45) is 1.49. The fourth-order valence-electron chi connectivity index (χ4n) is 2.69. The van der Waals surface area contributed by atoms with E-state index in [1.54, 1.807) is 23.7 Å². The molecule has 116 valence electrons. The van der Waals surface area contributed by atoms with Crippen LogP contribution in [-0.2, 0) is 7.05 Å². The molecule has 2 heterocycles. The maximum absolute atomic E-state index is 14.9. The number of aromatic amines is 1. The summed E-state index contributed by atoms with van der Waals surface area (Å²) in [5.41, 5.74) is 0.359. The molecule has 0 aliphatic rings. The van der Waals surface area contributed by atoms with Crippen molar-refractivity contribution in [2.45, 2.75) is 0 Å². The number of nitrogens with one attached hydrogen (secondary N) is 1. The SMILES string of the molecule is Cn1cnc2c(F)c3c(cc21)[nH]c(=O)n3-c1ccc(I)cc1F. The number of imidazole rings is 2. The van der Waals surface area contributed by atoms with Crippen LogP contribution < -0.4 is 5.69 Å². The monoisotopic (exact) mass is 426 g/mol.